The molecule has 3 heteroatoms. The van der Waals surface area contributed by atoms with Crippen LogP contribution in [0.2, 0.25) is 0 Å². The van der Waals surface area contributed by atoms with E-state index in [1.807, 2.05) is 12.2 Å². The lowest BCUT2D eigenvalue weighted by Crippen LogP contribution is -2.55. The molecule has 0 unspecified atom stereocenters. The first-order valence-corrected chi connectivity index (χ1v) is 9.62. The molecule has 0 bridgehead atoms. The van der Waals surface area contributed by atoms with E-state index in [0.717, 1.165) is 32.1 Å². The van der Waals surface area contributed by atoms with E-state index in [9.17, 15) is 15.0 Å². The van der Waals surface area contributed by atoms with Gasteiger partial charge in [-0.05, 0) is 73.2 Å². The summed E-state index contributed by atoms with van der Waals surface area (Å²) in [6.07, 6.45) is 10.3. The Labute approximate surface area is 144 Å². The van der Waals surface area contributed by atoms with Crippen molar-refractivity contribution >= 4 is 5.78 Å². The molecule has 0 spiro atoms. The second kappa shape index (κ2) is 5.54. The summed E-state index contributed by atoms with van der Waals surface area (Å²) in [5, 5.41) is 20.5. The smallest absolute Gasteiger partial charge is 0.155 e. The molecule has 132 valence electrons. The number of allylic oxidation sites excluding steroid dienone is 2. The fourth-order valence-corrected chi connectivity index (χ4v) is 6.98. The molecule has 0 aromatic carbocycles. The summed E-state index contributed by atoms with van der Waals surface area (Å²) in [5.74, 6) is 1.71. The van der Waals surface area contributed by atoms with Crippen molar-refractivity contribution in [1.29, 1.82) is 0 Å². The Hall–Kier alpha value is -0.930. The van der Waals surface area contributed by atoms with Crippen LogP contribution in [0, 0.1) is 28.6 Å². The number of aliphatic hydroxyl groups excluding tert-OH is 2. The van der Waals surface area contributed by atoms with Gasteiger partial charge in [0.15, 0.2) is 5.78 Å². The molecule has 3 nitrogen and oxygen atoms in total. The van der Waals surface area contributed by atoms with Crippen molar-refractivity contribution in [3.8, 4) is 0 Å². The van der Waals surface area contributed by atoms with Gasteiger partial charge in [-0.2, -0.15) is 0 Å². The second-order valence-electron chi connectivity index (χ2n) is 9.03. The molecular weight excluding hydrogens is 300 g/mol. The fourth-order valence-electron chi connectivity index (χ4n) is 6.98. The first kappa shape index (κ1) is 16.5. The molecule has 0 heterocycles. The Morgan fingerprint density at radius 2 is 2.00 bits per heavy atom. The summed E-state index contributed by atoms with van der Waals surface area (Å²) in [5.41, 5.74) is 2.71. The van der Waals surface area contributed by atoms with Crippen LogP contribution in [-0.4, -0.2) is 28.7 Å². The Morgan fingerprint density at radius 3 is 2.75 bits per heavy atom. The molecule has 24 heavy (non-hydrogen) atoms. The molecule has 4 aliphatic carbocycles. The van der Waals surface area contributed by atoms with Crippen molar-refractivity contribution in [1.82, 2.24) is 0 Å². The minimum Gasteiger partial charge on any atom is -0.393 e. The van der Waals surface area contributed by atoms with Crippen LogP contribution >= 0.6 is 0 Å². The zero-order valence-electron chi connectivity index (χ0n) is 14.9. The predicted molar refractivity (Wildman–Crippen MR) is 93.3 cm³/mol. The minimum absolute atomic E-state index is 0.00101. The van der Waals surface area contributed by atoms with Gasteiger partial charge in [-0.3, -0.25) is 4.79 Å². The molecule has 0 aliphatic heterocycles. The van der Waals surface area contributed by atoms with Gasteiger partial charge in [0.2, 0.25) is 0 Å². The van der Waals surface area contributed by atoms with Crippen molar-refractivity contribution in [3.63, 3.8) is 0 Å². The van der Waals surface area contributed by atoms with Gasteiger partial charge in [0.05, 0.1) is 12.7 Å². The van der Waals surface area contributed by atoms with Crippen LogP contribution in [-0.2, 0) is 4.79 Å². The monoisotopic (exact) mass is 330 g/mol. The Kier molecular flexibility index (Phi) is 3.81. The second-order valence-corrected chi connectivity index (χ2v) is 9.03. The van der Waals surface area contributed by atoms with Gasteiger partial charge < -0.3 is 10.2 Å². The highest BCUT2D eigenvalue weighted by Crippen LogP contribution is 2.66. The number of ketones is 1. The first-order valence-electron chi connectivity index (χ1n) is 9.62. The highest BCUT2D eigenvalue weighted by molar-refractivity contribution is 5.91. The predicted octanol–water partition coefficient (Wildman–Crippen LogP) is 3.41. The van der Waals surface area contributed by atoms with Gasteiger partial charge in [-0.1, -0.05) is 31.1 Å². The van der Waals surface area contributed by atoms with E-state index in [4.69, 9.17) is 0 Å². The Bertz CT molecular complexity index is 619. The fraction of sp³-hybridized carbons (Fsp3) is 0.762. The zero-order valence-corrected chi connectivity index (χ0v) is 14.9. The number of fused-ring (bicyclic) bond motifs is 5. The third kappa shape index (κ3) is 2.13. The summed E-state index contributed by atoms with van der Waals surface area (Å²) in [4.78, 5) is 11.9. The number of aliphatic hydroxyl groups is 2. The minimum atomic E-state index is -0.307. The molecule has 6 atom stereocenters. The van der Waals surface area contributed by atoms with Gasteiger partial charge >= 0.3 is 0 Å². The standard InChI is InChI=1S/C21H30O3/c1-20-9-7-15(23)11-14(20)3-5-16-17-6-4-13(8-10-22)21(17,2)12-18(24)19(16)20/h8,11,16-19,22,24H,3-7,9-10,12H2,1-2H3/b13-8+/t16-,17-,18-,19+,20-,21+/m0/s1. The van der Waals surface area contributed by atoms with Crippen LogP contribution in [0.25, 0.3) is 0 Å². The summed E-state index contributed by atoms with van der Waals surface area (Å²) in [6.45, 7) is 4.71. The van der Waals surface area contributed by atoms with E-state index < -0.39 is 0 Å². The van der Waals surface area contributed by atoms with E-state index in [-0.39, 0.29) is 35.2 Å². The molecule has 0 saturated heterocycles. The molecule has 0 aromatic heterocycles. The molecule has 4 aliphatic rings. The topological polar surface area (TPSA) is 57.5 Å². The van der Waals surface area contributed by atoms with Crippen molar-refractivity contribution < 1.29 is 15.0 Å². The molecule has 0 amide bonds. The normalized spacial score (nSPS) is 49.4. The SMILES string of the molecule is C[C@]12CCC(=O)C=C1CC[C@@H]1[C@@H]2[C@@H](O)C[C@]2(C)/C(=C/CO)CC[C@@H]12. The molecule has 0 radical (unpaired) electrons. The van der Waals surface area contributed by atoms with E-state index >= 15 is 0 Å². The van der Waals surface area contributed by atoms with Gasteiger partial charge in [0.25, 0.3) is 0 Å². The van der Waals surface area contributed by atoms with Crippen molar-refractivity contribution in [3.05, 3.63) is 23.3 Å². The summed E-state index contributed by atoms with van der Waals surface area (Å²) < 4.78 is 0. The van der Waals surface area contributed by atoms with E-state index in [1.165, 1.54) is 17.6 Å². The molecule has 3 saturated carbocycles. The largest absolute Gasteiger partial charge is 0.393 e. The van der Waals surface area contributed by atoms with Crippen LogP contribution in [0.15, 0.2) is 23.3 Å². The highest BCUT2D eigenvalue weighted by Gasteiger charge is 2.60. The Balaban J connectivity index is 1.72. The van der Waals surface area contributed by atoms with Gasteiger partial charge in [-0.15, -0.1) is 0 Å². The van der Waals surface area contributed by atoms with Crippen LogP contribution < -0.4 is 0 Å². The molecule has 2 N–H and O–H groups in total. The van der Waals surface area contributed by atoms with Crippen LogP contribution in [0.1, 0.15) is 58.8 Å². The Morgan fingerprint density at radius 1 is 1.21 bits per heavy atom. The van der Waals surface area contributed by atoms with E-state index in [2.05, 4.69) is 13.8 Å². The lowest BCUT2D eigenvalue weighted by molar-refractivity contribution is -0.124. The van der Waals surface area contributed by atoms with Crippen molar-refractivity contribution in [2.45, 2.75) is 64.9 Å². The van der Waals surface area contributed by atoms with Crippen LogP contribution in [0.5, 0.6) is 0 Å². The van der Waals surface area contributed by atoms with Gasteiger partial charge in [0.1, 0.15) is 0 Å². The lowest BCUT2D eigenvalue weighted by Gasteiger charge is -2.59. The third-order valence-corrected chi connectivity index (χ3v) is 8.08. The highest BCUT2D eigenvalue weighted by atomic mass is 16.3. The molecular formula is C21H30O3. The van der Waals surface area contributed by atoms with Crippen LogP contribution in [0.4, 0.5) is 0 Å². The van der Waals surface area contributed by atoms with Crippen molar-refractivity contribution in [2.24, 2.45) is 28.6 Å². The third-order valence-electron chi connectivity index (χ3n) is 8.08. The van der Waals surface area contributed by atoms with Crippen molar-refractivity contribution in [2.75, 3.05) is 6.61 Å². The molecule has 4 rings (SSSR count). The van der Waals surface area contributed by atoms with Crippen LogP contribution in [0.3, 0.4) is 0 Å². The quantitative estimate of drug-likeness (QED) is 0.725. The maximum absolute atomic E-state index is 11.9. The number of hydrogen-bond donors (Lipinski definition) is 2. The van der Waals surface area contributed by atoms with E-state index in [0.29, 0.717) is 18.3 Å². The molecule has 3 fully saturated rings. The van der Waals surface area contributed by atoms with Gasteiger partial charge in [-0.25, -0.2) is 0 Å². The average molecular weight is 330 g/mol. The summed E-state index contributed by atoms with van der Waals surface area (Å²) in [6, 6.07) is 0. The maximum atomic E-state index is 11.9. The lowest BCUT2D eigenvalue weighted by atomic mass is 9.46. The van der Waals surface area contributed by atoms with Gasteiger partial charge in [0, 0.05) is 6.42 Å². The summed E-state index contributed by atoms with van der Waals surface area (Å²) in [7, 11) is 0. The number of carbonyl (C=O) groups excluding carboxylic acids is 1. The molecule has 0 aromatic rings. The van der Waals surface area contributed by atoms with E-state index in [1.54, 1.807) is 0 Å². The maximum Gasteiger partial charge on any atom is 0.155 e. The number of rotatable bonds is 1. The number of hydrogen-bond acceptors (Lipinski definition) is 3. The number of carbonyl (C=O) groups is 1. The average Bonchev–Trinajstić information content (AvgIpc) is 2.84. The zero-order chi connectivity index (χ0) is 17.1. The summed E-state index contributed by atoms with van der Waals surface area (Å²) >= 11 is 0. The first-order chi connectivity index (χ1) is 11.4.